The second-order valence-corrected chi connectivity index (χ2v) is 17.6. The molecular weight excluding hydrogens is 974 g/mol. The van der Waals surface area contributed by atoms with Gasteiger partial charge in [0, 0.05) is 27.2 Å². The maximum Gasteiger partial charge on any atom is 0.364 e. The van der Waals surface area contributed by atoms with E-state index in [0.29, 0.717) is 0 Å². The van der Waals surface area contributed by atoms with Crippen LogP contribution >= 0.6 is 0 Å². The van der Waals surface area contributed by atoms with Gasteiger partial charge in [0.25, 0.3) is 5.79 Å². The van der Waals surface area contributed by atoms with Gasteiger partial charge in [0.1, 0.15) is 116 Å². The molecule has 5 rings (SSSR count). The Hall–Kier alpha value is -3.08. The molecule has 32 nitrogen and oxygen atoms in total. The number of hydrogen-bond donors (Lipinski definition) is 19. The molecule has 3 amide bonds. The molecule has 32 heteroatoms. The Morgan fingerprint density at radius 1 is 0.549 bits per heavy atom. The van der Waals surface area contributed by atoms with Crippen LogP contribution < -0.4 is 16.0 Å². The third kappa shape index (κ3) is 12.9. The number of rotatable bonds is 19. The topological polar surface area (TPSA) is 511 Å². The van der Waals surface area contributed by atoms with Crippen LogP contribution in [0.3, 0.4) is 0 Å². The van der Waals surface area contributed by atoms with Crippen molar-refractivity contribution in [3.63, 3.8) is 0 Å². The number of carbonyl (C=O) groups is 4. The van der Waals surface area contributed by atoms with Crippen LogP contribution in [-0.4, -0.2) is 297 Å². The monoisotopic (exact) mass is 1040 g/mol. The zero-order valence-electron chi connectivity index (χ0n) is 38.1. The van der Waals surface area contributed by atoms with Crippen LogP contribution in [0.4, 0.5) is 0 Å². The molecule has 0 aromatic heterocycles. The van der Waals surface area contributed by atoms with Crippen molar-refractivity contribution in [2.45, 2.75) is 186 Å². The van der Waals surface area contributed by atoms with Crippen molar-refractivity contribution in [3.8, 4) is 0 Å². The second kappa shape index (κ2) is 25.0. The Morgan fingerprint density at radius 2 is 0.986 bits per heavy atom. The largest absolute Gasteiger partial charge is 0.477 e. The van der Waals surface area contributed by atoms with Gasteiger partial charge in [-0.15, -0.1) is 0 Å². The first-order chi connectivity index (χ1) is 33.4. The fraction of sp³-hybridized carbons (Fsp3) is 0.897. The molecule has 19 N–H and O–H groups in total. The van der Waals surface area contributed by atoms with E-state index in [9.17, 15) is 101 Å². The number of carboxylic acids is 1. The van der Waals surface area contributed by atoms with Gasteiger partial charge in [-0.25, -0.2) is 4.79 Å². The third-order valence-electron chi connectivity index (χ3n) is 12.5. The maximum atomic E-state index is 13.0. The fourth-order valence-corrected chi connectivity index (χ4v) is 8.94. The Kier molecular flexibility index (Phi) is 20.7. The smallest absolute Gasteiger partial charge is 0.364 e. The third-order valence-corrected chi connectivity index (χ3v) is 12.5. The van der Waals surface area contributed by atoms with Crippen LogP contribution in [0.25, 0.3) is 0 Å². The summed E-state index contributed by atoms with van der Waals surface area (Å²) in [6, 6.07) is -5.06. The lowest BCUT2D eigenvalue weighted by Crippen LogP contribution is -2.71. The van der Waals surface area contributed by atoms with E-state index in [0.717, 1.165) is 20.8 Å². The number of nitrogens with one attached hydrogen (secondary N) is 3. The van der Waals surface area contributed by atoms with Crippen molar-refractivity contribution in [3.05, 3.63) is 0 Å². The molecule has 5 fully saturated rings. The van der Waals surface area contributed by atoms with Crippen molar-refractivity contribution in [1.29, 1.82) is 0 Å². The summed E-state index contributed by atoms with van der Waals surface area (Å²) in [4.78, 5) is 49.5. The van der Waals surface area contributed by atoms with Gasteiger partial charge in [-0.1, -0.05) is 0 Å². The SMILES string of the molecule is CC(=O)N[C@@H]1[C@@H](O[C@@H]2O[C@H](CO)[C@H](O)[C@H](O[C@@H]3O[C@H](CO)[C@@H](O[C@@H]4O[C@H](CO)[C@H](O)[C@H](O[C@]5(C(=O)O)C[C@H](O)[C@@H](NC(C)=O)[C@H]([C@H](O)[C@H](O)CO)O5)[C@H]4O)[C@H](O)[C@H]3NC(C)=O)[C@H]2O)[C@@H](O)[C@@H](CO)O[C@H]1O. The number of hydrogen-bond acceptors (Lipinski definition) is 28. The van der Waals surface area contributed by atoms with Crippen molar-refractivity contribution in [2.24, 2.45) is 0 Å². The van der Waals surface area contributed by atoms with Crippen LogP contribution in [0, 0.1) is 0 Å². The highest BCUT2D eigenvalue weighted by molar-refractivity contribution is 5.77. The summed E-state index contributed by atoms with van der Waals surface area (Å²) in [6.45, 7) is -2.18. The van der Waals surface area contributed by atoms with E-state index < -0.39 is 222 Å². The minimum absolute atomic E-state index is 0.745. The predicted molar refractivity (Wildman–Crippen MR) is 219 cm³/mol. The standard InChI is InChI=1S/C39H65N3O29/c1-10(48)40-19-13(51)4-39(38(61)62,70-31(19)22(53)14(52)5-43)71-33-25(56)17(8-46)65-37(28(33)59)67-29-18(9-47)66-35(20(26(29)57)41-11(2)49)69-32-24(55)16(7-45)64-36(27(32)58)68-30-21(42-12(3)50)34(60)63-15(6-44)23(30)54/h13-37,43-47,51-60H,4-9H2,1-3H3,(H,40,48)(H,41,49)(H,42,50)(H,61,62)/t13-,14+,15+,16+,17+,18+,19+,20+,21+,22+,23-,24-,25-,26+,27+,28+,29+,30+,31+,32-,33-,34+,35-,36-,37-,39-/m0/s1. The molecule has 0 bridgehead atoms. The molecule has 5 saturated heterocycles. The van der Waals surface area contributed by atoms with Gasteiger partial charge in [-0.05, 0) is 0 Å². The minimum Gasteiger partial charge on any atom is -0.477 e. The summed E-state index contributed by atoms with van der Waals surface area (Å²) in [5.74, 6) is -7.69. The number of carbonyl (C=O) groups excluding carboxylic acids is 3. The van der Waals surface area contributed by atoms with Crippen LogP contribution in [0.1, 0.15) is 27.2 Å². The van der Waals surface area contributed by atoms with Gasteiger partial charge in [0.05, 0.1) is 45.2 Å². The summed E-state index contributed by atoms with van der Waals surface area (Å²) in [6.07, 6.45) is -45.1. The molecule has 0 spiro atoms. The minimum atomic E-state index is -3.18. The molecule has 0 unspecified atom stereocenters. The Morgan fingerprint density at radius 3 is 1.49 bits per heavy atom. The number of amides is 3. The quantitative estimate of drug-likeness (QED) is 0.0571. The molecule has 0 saturated carbocycles. The lowest BCUT2D eigenvalue weighted by molar-refractivity contribution is -0.389. The summed E-state index contributed by atoms with van der Waals surface area (Å²) >= 11 is 0. The van der Waals surface area contributed by atoms with Gasteiger partial charge < -0.3 is 140 Å². The summed E-state index contributed by atoms with van der Waals surface area (Å²) in [5, 5.41) is 179. The molecule has 5 heterocycles. The lowest BCUT2D eigenvalue weighted by Gasteiger charge is -2.51. The molecule has 410 valence electrons. The lowest BCUT2D eigenvalue weighted by atomic mass is 9.88. The molecular formula is C39H65N3O29. The van der Waals surface area contributed by atoms with E-state index in [1.54, 1.807) is 0 Å². The van der Waals surface area contributed by atoms with Crippen molar-refractivity contribution < 1.29 is 144 Å². The molecule has 71 heavy (non-hydrogen) atoms. The highest BCUT2D eigenvalue weighted by Crippen LogP contribution is 2.39. The number of aliphatic hydroxyl groups excluding tert-OH is 15. The van der Waals surface area contributed by atoms with E-state index in [2.05, 4.69) is 16.0 Å². The number of aliphatic carboxylic acids is 1. The zero-order valence-corrected chi connectivity index (χ0v) is 38.1. The molecule has 0 radical (unpaired) electrons. The highest BCUT2D eigenvalue weighted by atomic mass is 16.8. The van der Waals surface area contributed by atoms with Gasteiger partial charge in [-0.3, -0.25) is 14.4 Å². The summed E-state index contributed by atoms with van der Waals surface area (Å²) < 4.78 is 51.0. The predicted octanol–water partition coefficient (Wildman–Crippen LogP) is -12.3. The molecule has 0 aromatic rings. The Labute approximate surface area is 402 Å². The van der Waals surface area contributed by atoms with E-state index >= 15 is 0 Å². The van der Waals surface area contributed by atoms with Crippen LogP contribution in [0.15, 0.2) is 0 Å². The first-order valence-electron chi connectivity index (χ1n) is 22.2. The fourth-order valence-electron chi connectivity index (χ4n) is 8.94. The van der Waals surface area contributed by atoms with E-state index in [-0.39, 0.29) is 0 Å². The summed E-state index contributed by atoms with van der Waals surface area (Å²) in [5.41, 5.74) is 0. The van der Waals surface area contributed by atoms with Gasteiger partial charge in [0.2, 0.25) is 17.7 Å². The van der Waals surface area contributed by atoms with E-state index in [1.165, 1.54) is 0 Å². The summed E-state index contributed by atoms with van der Waals surface area (Å²) in [7, 11) is 0. The first kappa shape index (κ1) is 58.8. The van der Waals surface area contributed by atoms with Crippen molar-refractivity contribution in [2.75, 3.05) is 33.0 Å². The Bertz CT molecular complexity index is 1780. The van der Waals surface area contributed by atoms with Crippen LogP contribution in [0.2, 0.25) is 0 Å². The van der Waals surface area contributed by atoms with Crippen molar-refractivity contribution in [1.82, 2.24) is 16.0 Å². The molecule has 26 atom stereocenters. The number of carboxylic acid groups (broad SMARTS) is 1. The van der Waals surface area contributed by atoms with Crippen LogP contribution in [0.5, 0.6) is 0 Å². The average Bonchev–Trinajstić information content (AvgIpc) is 3.31. The second-order valence-electron chi connectivity index (χ2n) is 17.6. The number of ether oxygens (including phenoxy) is 9. The first-order valence-corrected chi connectivity index (χ1v) is 22.2. The van der Waals surface area contributed by atoms with E-state index in [4.69, 9.17) is 42.6 Å². The number of aliphatic hydroxyl groups is 15. The molecule has 0 aromatic carbocycles. The highest BCUT2D eigenvalue weighted by Gasteiger charge is 2.61. The van der Waals surface area contributed by atoms with Gasteiger partial charge in [0.15, 0.2) is 25.2 Å². The van der Waals surface area contributed by atoms with E-state index in [1.807, 2.05) is 0 Å². The van der Waals surface area contributed by atoms with Gasteiger partial charge in [-0.2, -0.15) is 0 Å². The normalized spacial score (nSPS) is 45.0. The van der Waals surface area contributed by atoms with Gasteiger partial charge >= 0.3 is 5.97 Å². The Balaban J connectivity index is 1.41. The molecule has 0 aliphatic carbocycles. The maximum absolute atomic E-state index is 13.0. The average molecular weight is 1040 g/mol. The zero-order chi connectivity index (χ0) is 53.0. The molecule has 5 aliphatic rings. The molecule has 5 aliphatic heterocycles. The van der Waals surface area contributed by atoms with Crippen molar-refractivity contribution >= 4 is 23.7 Å². The van der Waals surface area contributed by atoms with Crippen LogP contribution in [-0.2, 0) is 61.8 Å².